The van der Waals surface area contributed by atoms with Gasteiger partial charge in [-0.3, -0.25) is 0 Å². The quantitative estimate of drug-likeness (QED) is 0.471. The zero-order valence-corrected chi connectivity index (χ0v) is 6.97. The van der Waals surface area contributed by atoms with E-state index in [1.165, 1.54) is 0 Å². The highest BCUT2D eigenvalue weighted by molar-refractivity contribution is 5.84. The van der Waals surface area contributed by atoms with Gasteiger partial charge in [-0.15, -0.1) is 0 Å². The Hall–Kier alpha value is -1.59. The maximum Gasteiger partial charge on any atom is 0.426 e. The third kappa shape index (κ3) is 2.43. The number of carboxylic acid groups (broad SMARTS) is 1. The lowest BCUT2D eigenvalue weighted by Gasteiger charge is -2.18. The van der Waals surface area contributed by atoms with Crippen molar-refractivity contribution in [3.63, 3.8) is 0 Å². The first-order chi connectivity index (χ1) is 6.25. The minimum atomic E-state index is -1.09. The highest BCUT2D eigenvalue weighted by Crippen LogP contribution is 2.10. The second-order valence-electron chi connectivity index (χ2n) is 2.32. The molecule has 0 bridgehead atoms. The van der Waals surface area contributed by atoms with Crippen molar-refractivity contribution in [2.45, 2.75) is 0 Å². The molecular formula is C8H11N3O2. The number of nitrogens with zero attached hydrogens (tertiary/aromatic N) is 1. The van der Waals surface area contributed by atoms with Crippen LogP contribution in [0, 0.1) is 0 Å². The highest BCUT2D eigenvalue weighted by Gasteiger charge is 2.11. The van der Waals surface area contributed by atoms with Crippen molar-refractivity contribution in [3.8, 4) is 0 Å². The lowest BCUT2D eigenvalue weighted by atomic mass is 10.3. The number of amides is 1. The van der Waals surface area contributed by atoms with Gasteiger partial charge in [-0.05, 0) is 12.1 Å². The van der Waals surface area contributed by atoms with Crippen LogP contribution in [-0.4, -0.2) is 17.9 Å². The van der Waals surface area contributed by atoms with E-state index in [1.807, 2.05) is 6.07 Å². The number of nitrogens with two attached hydrogens (primary N) is 1. The van der Waals surface area contributed by atoms with E-state index in [2.05, 4.69) is 5.43 Å². The van der Waals surface area contributed by atoms with Crippen molar-refractivity contribution < 1.29 is 9.90 Å². The van der Waals surface area contributed by atoms with Crippen molar-refractivity contribution in [1.82, 2.24) is 5.43 Å². The summed E-state index contributed by atoms with van der Waals surface area (Å²) in [6.07, 6.45) is -1.09. The standard InChI is InChI=1S/C8H11N3O2/c9-6-10-11(8(12)13)7-4-2-1-3-5-7/h1-5,10H,6,9H2,(H,12,13). The van der Waals surface area contributed by atoms with E-state index >= 15 is 0 Å². The number of hydrazine groups is 1. The molecule has 1 amide bonds. The SMILES string of the molecule is NCNN(C(=O)O)c1ccccc1. The zero-order valence-electron chi connectivity index (χ0n) is 6.97. The fraction of sp³-hybridized carbons (Fsp3) is 0.125. The van der Waals surface area contributed by atoms with Gasteiger partial charge in [0.2, 0.25) is 0 Å². The Kier molecular flexibility index (Phi) is 3.24. The van der Waals surface area contributed by atoms with Crippen LogP contribution in [0.4, 0.5) is 10.5 Å². The third-order valence-electron chi connectivity index (χ3n) is 1.46. The number of carbonyl (C=O) groups is 1. The summed E-state index contributed by atoms with van der Waals surface area (Å²) in [5, 5.41) is 9.74. The molecule has 0 radical (unpaired) electrons. The van der Waals surface area contributed by atoms with Gasteiger partial charge in [0, 0.05) is 0 Å². The summed E-state index contributed by atoms with van der Waals surface area (Å²) < 4.78 is 0. The highest BCUT2D eigenvalue weighted by atomic mass is 16.4. The monoisotopic (exact) mass is 181 g/mol. The summed E-state index contributed by atoms with van der Waals surface area (Å²) in [5.74, 6) is 0. The van der Waals surface area contributed by atoms with E-state index in [-0.39, 0.29) is 6.67 Å². The number of hydrogen-bond donors (Lipinski definition) is 3. The maximum atomic E-state index is 10.7. The van der Waals surface area contributed by atoms with Crippen LogP contribution in [0.2, 0.25) is 0 Å². The molecule has 0 aliphatic rings. The van der Waals surface area contributed by atoms with Crippen molar-refractivity contribution in [3.05, 3.63) is 30.3 Å². The molecule has 13 heavy (non-hydrogen) atoms. The second kappa shape index (κ2) is 4.44. The predicted molar refractivity (Wildman–Crippen MR) is 49.1 cm³/mol. The van der Waals surface area contributed by atoms with E-state index in [0.29, 0.717) is 5.69 Å². The molecule has 0 aromatic heterocycles. The first-order valence-electron chi connectivity index (χ1n) is 3.77. The average molecular weight is 181 g/mol. The van der Waals surface area contributed by atoms with E-state index in [4.69, 9.17) is 10.8 Å². The summed E-state index contributed by atoms with van der Waals surface area (Å²) in [6, 6.07) is 8.67. The van der Waals surface area contributed by atoms with Gasteiger partial charge in [0.05, 0.1) is 12.4 Å². The smallest absolute Gasteiger partial charge is 0.426 e. The molecule has 0 heterocycles. The molecule has 0 spiro atoms. The van der Waals surface area contributed by atoms with Gasteiger partial charge < -0.3 is 10.8 Å². The van der Waals surface area contributed by atoms with Crippen LogP contribution in [0.5, 0.6) is 0 Å². The predicted octanol–water partition coefficient (Wildman–Crippen LogP) is 0.592. The Labute approximate surface area is 75.7 Å². The molecular weight excluding hydrogens is 170 g/mol. The van der Waals surface area contributed by atoms with Crippen molar-refractivity contribution in [1.29, 1.82) is 0 Å². The first kappa shape index (κ1) is 9.50. The van der Waals surface area contributed by atoms with Crippen molar-refractivity contribution in [2.24, 2.45) is 5.73 Å². The van der Waals surface area contributed by atoms with Crippen LogP contribution in [0.15, 0.2) is 30.3 Å². The lowest BCUT2D eigenvalue weighted by Crippen LogP contribution is -2.45. The van der Waals surface area contributed by atoms with Gasteiger partial charge in [0.1, 0.15) is 0 Å². The molecule has 0 atom stereocenters. The van der Waals surface area contributed by atoms with Crippen LogP contribution in [0.25, 0.3) is 0 Å². The van der Waals surface area contributed by atoms with Gasteiger partial charge in [0.15, 0.2) is 0 Å². The Bertz CT molecular complexity index is 276. The number of nitrogens with one attached hydrogen (secondary N) is 1. The number of benzene rings is 1. The molecule has 0 saturated heterocycles. The van der Waals surface area contributed by atoms with E-state index < -0.39 is 6.09 Å². The van der Waals surface area contributed by atoms with Crippen LogP contribution in [0.1, 0.15) is 0 Å². The van der Waals surface area contributed by atoms with Crippen LogP contribution >= 0.6 is 0 Å². The molecule has 5 heteroatoms. The molecule has 0 saturated carbocycles. The van der Waals surface area contributed by atoms with E-state index in [1.54, 1.807) is 24.3 Å². The molecule has 1 rings (SSSR count). The van der Waals surface area contributed by atoms with Crippen molar-refractivity contribution in [2.75, 3.05) is 11.7 Å². The fourth-order valence-electron chi connectivity index (χ4n) is 0.938. The zero-order chi connectivity index (χ0) is 9.68. The van der Waals surface area contributed by atoms with Crippen molar-refractivity contribution >= 4 is 11.8 Å². The number of rotatable bonds is 3. The molecule has 4 N–H and O–H groups in total. The Morgan fingerprint density at radius 1 is 1.46 bits per heavy atom. The normalized spacial score (nSPS) is 9.62. The Balaban J connectivity index is 2.82. The fourth-order valence-corrected chi connectivity index (χ4v) is 0.938. The Morgan fingerprint density at radius 2 is 2.08 bits per heavy atom. The van der Waals surface area contributed by atoms with Gasteiger partial charge in [-0.2, -0.15) is 0 Å². The number of para-hydroxylation sites is 1. The summed E-state index contributed by atoms with van der Waals surface area (Å²) in [7, 11) is 0. The Morgan fingerprint density at radius 3 is 2.54 bits per heavy atom. The van der Waals surface area contributed by atoms with Gasteiger partial charge >= 0.3 is 6.09 Å². The second-order valence-corrected chi connectivity index (χ2v) is 2.32. The molecule has 0 aliphatic heterocycles. The summed E-state index contributed by atoms with van der Waals surface area (Å²) in [4.78, 5) is 10.7. The topological polar surface area (TPSA) is 78.6 Å². The van der Waals surface area contributed by atoms with E-state index in [0.717, 1.165) is 5.01 Å². The average Bonchev–Trinajstić information content (AvgIpc) is 2.15. The molecule has 70 valence electrons. The third-order valence-corrected chi connectivity index (χ3v) is 1.46. The van der Waals surface area contributed by atoms with Crippen LogP contribution in [0.3, 0.4) is 0 Å². The molecule has 1 aromatic carbocycles. The van der Waals surface area contributed by atoms with E-state index in [9.17, 15) is 4.79 Å². The summed E-state index contributed by atoms with van der Waals surface area (Å²) >= 11 is 0. The van der Waals surface area contributed by atoms with Gasteiger partial charge in [0.25, 0.3) is 0 Å². The van der Waals surface area contributed by atoms with Gasteiger partial charge in [-0.1, -0.05) is 18.2 Å². The summed E-state index contributed by atoms with van der Waals surface area (Å²) in [6.45, 7) is 0.0706. The minimum Gasteiger partial charge on any atom is -0.464 e. The number of anilines is 1. The first-order valence-corrected chi connectivity index (χ1v) is 3.77. The lowest BCUT2D eigenvalue weighted by molar-refractivity contribution is 0.198. The molecule has 1 aromatic rings. The van der Waals surface area contributed by atoms with Crippen LogP contribution < -0.4 is 16.2 Å². The molecule has 0 unspecified atom stereocenters. The number of hydrogen-bond acceptors (Lipinski definition) is 3. The molecule has 5 nitrogen and oxygen atoms in total. The van der Waals surface area contributed by atoms with Gasteiger partial charge in [-0.25, -0.2) is 15.2 Å². The minimum absolute atomic E-state index is 0.0706. The summed E-state index contributed by atoms with van der Waals surface area (Å²) in [5.41, 5.74) is 8.24. The molecule has 0 aliphatic carbocycles. The molecule has 0 fully saturated rings. The maximum absolute atomic E-state index is 10.7. The van der Waals surface area contributed by atoms with Crippen LogP contribution in [-0.2, 0) is 0 Å². The largest absolute Gasteiger partial charge is 0.464 e.